The van der Waals surface area contributed by atoms with E-state index in [1.165, 1.54) is 0 Å². The number of rotatable bonds is 6. The van der Waals surface area contributed by atoms with Crippen LogP contribution >= 0.6 is 11.6 Å². The smallest absolute Gasteiger partial charge is 0.274 e. The Bertz CT molecular complexity index is 898. The van der Waals surface area contributed by atoms with Crippen LogP contribution in [0.4, 0.5) is 11.4 Å². The van der Waals surface area contributed by atoms with E-state index in [9.17, 15) is 4.79 Å². The number of hydrogen-bond acceptors (Lipinski definition) is 4. The van der Waals surface area contributed by atoms with Crippen LogP contribution in [-0.4, -0.2) is 18.0 Å². The molecular formula is C20H18ClN3O2. The largest absolute Gasteiger partial charge is 0.497 e. The summed E-state index contributed by atoms with van der Waals surface area (Å²) in [5, 5.41) is 6.75. The van der Waals surface area contributed by atoms with Gasteiger partial charge in [-0.3, -0.25) is 4.79 Å². The highest BCUT2D eigenvalue weighted by molar-refractivity contribution is 6.31. The van der Waals surface area contributed by atoms with E-state index in [2.05, 4.69) is 15.6 Å². The molecule has 2 aromatic carbocycles. The number of pyridine rings is 1. The summed E-state index contributed by atoms with van der Waals surface area (Å²) < 4.78 is 5.15. The minimum absolute atomic E-state index is 0.282. The molecule has 2 N–H and O–H groups in total. The van der Waals surface area contributed by atoms with Gasteiger partial charge in [0.1, 0.15) is 11.4 Å². The van der Waals surface area contributed by atoms with Gasteiger partial charge in [-0.15, -0.1) is 0 Å². The number of methoxy groups -OCH3 is 1. The van der Waals surface area contributed by atoms with Gasteiger partial charge in [-0.25, -0.2) is 4.98 Å². The van der Waals surface area contributed by atoms with Crippen molar-refractivity contribution in [3.8, 4) is 5.75 Å². The number of nitrogens with zero attached hydrogens (tertiary/aromatic N) is 1. The molecule has 0 radical (unpaired) electrons. The molecule has 6 heteroatoms. The fraction of sp³-hybridized carbons (Fsp3) is 0.100. The molecule has 0 atom stereocenters. The zero-order chi connectivity index (χ0) is 18.4. The number of ether oxygens (including phenoxy) is 1. The first-order valence-corrected chi connectivity index (χ1v) is 8.42. The Morgan fingerprint density at radius 1 is 1.08 bits per heavy atom. The van der Waals surface area contributed by atoms with Crippen molar-refractivity contribution in [3.63, 3.8) is 0 Å². The van der Waals surface area contributed by atoms with Crippen molar-refractivity contribution in [2.75, 3.05) is 17.7 Å². The van der Waals surface area contributed by atoms with Gasteiger partial charge in [-0.05, 0) is 35.9 Å². The van der Waals surface area contributed by atoms with Gasteiger partial charge in [0, 0.05) is 23.3 Å². The maximum absolute atomic E-state index is 12.3. The molecule has 3 aromatic rings. The molecule has 1 aromatic heterocycles. The van der Waals surface area contributed by atoms with Crippen LogP contribution in [-0.2, 0) is 6.54 Å². The minimum Gasteiger partial charge on any atom is -0.497 e. The minimum atomic E-state index is -0.282. The Kier molecular flexibility index (Phi) is 5.71. The average molecular weight is 368 g/mol. The molecule has 0 saturated carbocycles. The fourth-order valence-electron chi connectivity index (χ4n) is 2.37. The summed E-state index contributed by atoms with van der Waals surface area (Å²) in [6.07, 6.45) is 1.62. The third-order valence-electron chi connectivity index (χ3n) is 3.76. The van der Waals surface area contributed by atoms with Crippen molar-refractivity contribution in [2.45, 2.75) is 6.54 Å². The van der Waals surface area contributed by atoms with E-state index in [1.807, 2.05) is 42.5 Å². The topological polar surface area (TPSA) is 63.2 Å². The van der Waals surface area contributed by atoms with Crippen LogP contribution in [0.15, 0.2) is 66.9 Å². The quantitative estimate of drug-likeness (QED) is 0.668. The van der Waals surface area contributed by atoms with Crippen molar-refractivity contribution in [2.24, 2.45) is 0 Å². The highest BCUT2D eigenvalue weighted by atomic mass is 35.5. The third kappa shape index (κ3) is 4.52. The number of hydrogen-bond donors (Lipinski definition) is 2. The molecule has 26 heavy (non-hydrogen) atoms. The van der Waals surface area contributed by atoms with Gasteiger partial charge >= 0.3 is 0 Å². The number of anilines is 2. The lowest BCUT2D eigenvalue weighted by atomic mass is 10.2. The molecule has 0 spiro atoms. The van der Waals surface area contributed by atoms with E-state index >= 15 is 0 Å². The number of benzene rings is 2. The number of amides is 1. The van der Waals surface area contributed by atoms with Gasteiger partial charge in [0.05, 0.1) is 19.0 Å². The van der Waals surface area contributed by atoms with Crippen LogP contribution in [0.2, 0.25) is 5.02 Å². The van der Waals surface area contributed by atoms with Gasteiger partial charge in [-0.1, -0.05) is 35.9 Å². The molecule has 0 aliphatic rings. The van der Waals surface area contributed by atoms with E-state index in [0.717, 1.165) is 11.3 Å². The van der Waals surface area contributed by atoms with Crippen molar-refractivity contribution < 1.29 is 9.53 Å². The molecule has 132 valence electrons. The predicted molar refractivity (Wildman–Crippen MR) is 104 cm³/mol. The van der Waals surface area contributed by atoms with E-state index in [-0.39, 0.29) is 5.91 Å². The Morgan fingerprint density at radius 2 is 1.92 bits per heavy atom. The number of nitrogens with one attached hydrogen (secondary N) is 2. The standard InChI is InChI=1S/C20H18ClN3O2/c1-26-17-7-4-6-15(11-17)24-20(25)19-10-9-16(13-23-19)22-12-14-5-2-3-8-18(14)21/h2-11,13,22H,12H2,1H3,(H,24,25). The second-order valence-electron chi connectivity index (χ2n) is 5.56. The molecule has 1 heterocycles. The molecule has 1 amide bonds. The number of carbonyl (C=O) groups is 1. The van der Waals surface area contributed by atoms with Gasteiger partial charge in [-0.2, -0.15) is 0 Å². The second-order valence-corrected chi connectivity index (χ2v) is 5.97. The third-order valence-corrected chi connectivity index (χ3v) is 4.13. The highest BCUT2D eigenvalue weighted by Gasteiger charge is 2.08. The first-order valence-electron chi connectivity index (χ1n) is 8.04. The van der Waals surface area contributed by atoms with E-state index in [4.69, 9.17) is 16.3 Å². The second kappa shape index (κ2) is 8.36. The zero-order valence-electron chi connectivity index (χ0n) is 14.2. The summed E-state index contributed by atoms with van der Waals surface area (Å²) in [5.74, 6) is 0.394. The summed E-state index contributed by atoms with van der Waals surface area (Å²) in [5.41, 5.74) is 2.78. The molecule has 0 bridgehead atoms. The Morgan fingerprint density at radius 3 is 2.65 bits per heavy atom. The Labute approximate surface area is 157 Å². The van der Waals surface area contributed by atoms with Crippen molar-refractivity contribution in [1.82, 2.24) is 4.98 Å². The maximum Gasteiger partial charge on any atom is 0.274 e. The molecule has 3 rings (SSSR count). The normalized spacial score (nSPS) is 10.2. The van der Waals surface area contributed by atoms with Crippen LogP contribution in [0.25, 0.3) is 0 Å². The summed E-state index contributed by atoms with van der Waals surface area (Å²) >= 11 is 6.14. The van der Waals surface area contributed by atoms with Crippen molar-refractivity contribution >= 4 is 28.9 Å². The first-order chi connectivity index (χ1) is 12.7. The van der Waals surface area contributed by atoms with E-state index < -0.39 is 0 Å². The molecule has 5 nitrogen and oxygen atoms in total. The molecule has 0 unspecified atom stereocenters. The molecule has 0 saturated heterocycles. The van der Waals surface area contributed by atoms with Crippen LogP contribution in [0.1, 0.15) is 16.1 Å². The lowest BCUT2D eigenvalue weighted by Gasteiger charge is -2.09. The Balaban J connectivity index is 1.61. The lowest BCUT2D eigenvalue weighted by Crippen LogP contribution is -2.13. The number of aromatic nitrogens is 1. The Hall–Kier alpha value is -3.05. The summed E-state index contributed by atoms with van der Waals surface area (Å²) in [6.45, 7) is 0.580. The molecular weight excluding hydrogens is 350 g/mol. The van der Waals surface area contributed by atoms with Gasteiger partial charge in [0.25, 0.3) is 5.91 Å². The van der Waals surface area contributed by atoms with Crippen LogP contribution in [0, 0.1) is 0 Å². The summed E-state index contributed by atoms with van der Waals surface area (Å²) in [7, 11) is 1.58. The van der Waals surface area contributed by atoms with Crippen LogP contribution in [0.5, 0.6) is 5.75 Å². The molecule has 0 aliphatic carbocycles. The summed E-state index contributed by atoms with van der Waals surface area (Å²) in [6, 6.07) is 18.3. The van der Waals surface area contributed by atoms with Gasteiger partial charge < -0.3 is 15.4 Å². The van der Waals surface area contributed by atoms with Crippen molar-refractivity contribution in [3.05, 3.63) is 83.1 Å². The fourth-order valence-corrected chi connectivity index (χ4v) is 2.57. The maximum atomic E-state index is 12.3. The number of carbonyl (C=O) groups excluding carboxylic acids is 1. The van der Waals surface area contributed by atoms with E-state index in [1.54, 1.807) is 31.5 Å². The summed E-state index contributed by atoms with van der Waals surface area (Å²) in [4.78, 5) is 16.5. The van der Waals surface area contributed by atoms with Crippen LogP contribution < -0.4 is 15.4 Å². The SMILES string of the molecule is COc1cccc(NC(=O)c2ccc(NCc3ccccc3Cl)cn2)c1. The predicted octanol–water partition coefficient (Wildman–Crippen LogP) is 4.61. The molecule has 0 aliphatic heterocycles. The highest BCUT2D eigenvalue weighted by Crippen LogP contribution is 2.18. The molecule has 0 fully saturated rings. The zero-order valence-corrected chi connectivity index (χ0v) is 15.0. The number of halogens is 1. The van der Waals surface area contributed by atoms with Gasteiger partial charge in [0.2, 0.25) is 0 Å². The lowest BCUT2D eigenvalue weighted by molar-refractivity contribution is 0.102. The van der Waals surface area contributed by atoms with E-state index in [0.29, 0.717) is 28.7 Å². The first kappa shape index (κ1) is 17.8. The van der Waals surface area contributed by atoms with Crippen LogP contribution in [0.3, 0.4) is 0 Å². The van der Waals surface area contributed by atoms with Gasteiger partial charge in [0.15, 0.2) is 0 Å². The average Bonchev–Trinajstić information content (AvgIpc) is 2.68. The van der Waals surface area contributed by atoms with Crippen molar-refractivity contribution in [1.29, 1.82) is 0 Å². The monoisotopic (exact) mass is 367 g/mol.